The van der Waals surface area contributed by atoms with Gasteiger partial charge in [-0.25, -0.2) is 4.39 Å². The molecular formula is C27H23F4N3O. The number of halogens is 4. The molecule has 8 heteroatoms. The normalized spacial score (nSPS) is 12.4. The van der Waals surface area contributed by atoms with E-state index in [1.165, 1.54) is 48.7 Å². The summed E-state index contributed by atoms with van der Waals surface area (Å²) in [5, 5.41) is 2.62. The van der Waals surface area contributed by atoms with Crippen LogP contribution in [0.5, 0.6) is 0 Å². The first-order chi connectivity index (χ1) is 16.6. The molecular weight excluding hydrogens is 458 g/mol. The van der Waals surface area contributed by atoms with Crippen LogP contribution in [0.3, 0.4) is 0 Å². The zero-order valence-corrected chi connectivity index (χ0v) is 18.9. The number of alkyl halides is 3. The maximum atomic E-state index is 13.8. The number of amides is 1. The third-order valence-corrected chi connectivity index (χ3v) is 4.91. The number of pyridine rings is 1. The Labute approximate surface area is 200 Å². The summed E-state index contributed by atoms with van der Waals surface area (Å²) >= 11 is 0. The minimum Gasteiger partial charge on any atom is -0.402 e. The third kappa shape index (κ3) is 6.89. The molecule has 0 unspecified atom stereocenters. The second kappa shape index (κ2) is 10.8. The van der Waals surface area contributed by atoms with Crippen molar-refractivity contribution in [2.24, 2.45) is 5.73 Å². The number of rotatable bonds is 7. The second-order valence-electron chi connectivity index (χ2n) is 7.79. The van der Waals surface area contributed by atoms with E-state index in [2.05, 4.69) is 16.9 Å². The highest BCUT2D eigenvalue weighted by Gasteiger charge is 2.34. The van der Waals surface area contributed by atoms with Crippen molar-refractivity contribution in [2.45, 2.75) is 19.5 Å². The van der Waals surface area contributed by atoms with Crippen molar-refractivity contribution in [1.29, 1.82) is 0 Å². The molecule has 4 nitrogen and oxygen atoms in total. The van der Waals surface area contributed by atoms with Crippen LogP contribution in [-0.2, 0) is 17.4 Å². The SMILES string of the molecule is C=C/C=C(\C=C(\C)N)c1ccc(CC(=O)Nc2ccc(-c3cccc(F)c3)nc2)cc1C(F)(F)F. The summed E-state index contributed by atoms with van der Waals surface area (Å²) in [5.41, 5.74) is 6.96. The van der Waals surface area contributed by atoms with E-state index in [4.69, 9.17) is 5.73 Å². The average Bonchev–Trinajstić information content (AvgIpc) is 2.78. The van der Waals surface area contributed by atoms with Crippen LogP contribution in [0.2, 0.25) is 0 Å². The van der Waals surface area contributed by atoms with Crippen LogP contribution < -0.4 is 11.1 Å². The van der Waals surface area contributed by atoms with Crippen molar-refractivity contribution >= 4 is 17.2 Å². The van der Waals surface area contributed by atoms with Crippen molar-refractivity contribution < 1.29 is 22.4 Å². The van der Waals surface area contributed by atoms with Crippen LogP contribution in [0.4, 0.5) is 23.2 Å². The van der Waals surface area contributed by atoms with Crippen LogP contribution >= 0.6 is 0 Å². The number of nitrogens with zero attached hydrogens (tertiary/aromatic N) is 1. The van der Waals surface area contributed by atoms with Gasteiger partial charge < -0.3 is 11.1 Å². The predicted octanol–water partition coefficient (Wildman–Crippen LogP) is 6.52. The van der Waals surface area contributed by atoms with E-state index in [1.54, 1.807) is 31.2 Å². The van der Waals surface area contributed by atoms with Gasteiger partial charge in [0.15, 0.2) is 0 Å². The molecule has 0 saturated carbocycles. The molecule has 0 aliphatic rings. The Hall–Kier alpha value is -4.20. The molecule has 0 saturated heterocycles. The van der Waals surface area contributed by atoms with Crippen molar-refractivity contribution in [3.63, 3.8) is 0 Å². The zero-order chi connectivity index (χ0) is 25.6. The maximum Gasteiger partial charge on any atom is 0.417 e. The first kappa shape index (κ1) is 25.4. The molecule has 0 atom stereocenters. The Morgan fingerprint density at radius 1 is 1.14 bits per heavy atom. The lowest BCUT2D eigenvalue weighted by Gasteiger charge is -2.16. The van der Waals surface area contributed by atoms with Gasteiger partial charge in [0.25, 0.3) is 0 Å². The van der Waals surface area contributed by atoms with Gasteiger partial charge in [-0.05, 0) is 60.0 Å². The smallest absolute Gasteiger partial charge is 0.402 e. The third-order valence-electron chi connectivity index (χ3n) is 4.91. The Bertz CT molecular complexity index is 1290. The molecule has 3 N–H and O–H groups in total. The highest BCUT2D eigenvalue weighted by atomic mass is 19.4. The van der Waals surface area contributed by atoms with Crippen LogP contribution in [0, 0.1) is 5.82 Å². The van der Waals surface area contributed by atoms with Crippen LogP contribution in [0.15, 0.2) is 91.3 Å². The maximum absolute atomic E-state index is 13.8. The Morgan fingerprint density at radius 2 is 1.91 bits per heavy atom. The number of allylic oxidation sites excluding steroid dienone is 5. The summed E-state index contributed by atoms with van der Waals surface area (Å²) in [5.74, 6) is -0.905. The highest BCUT2D eigenvalue weighted by molar-refractivity contribution is 5.92. The number of aromatic nitrogens is 1. The molecule has 35 heavy (non-hydrogen) atoms. The van der Waals surface area contributed by atoms with Gasteiger partial charge in [-0.15, -0.1) is 0 Å². The topological polar surface area (TPSA) is 68.0 Å². The molecule has 1 amide bonds. The first-order valence-electron chi connectivity index (χ1n) is 10.6. The fourth-order valence-corrected chi connectivity index (χ4v) is 3.45. The second-order valence-corrected chi connectivity index (χ2v) is 7.79. The summed E-state index contributed by atoms with van der Waals surface area (Å²) < 4.78 is 54.9. The number of anilines is 1. The Balaban J connectivity index is 1.79. The van der Waals surface area contributed by atoms with Crippen molar-refractivity contribution in [3.05, 3.63) is 114 Å². The molecule has 0 radical (unpaired) electrons. The van der Waals surface area contributed by atoms with E-state index in [1.807, 2.05) is 0 Å². The van der Waals surface area contributed by atoms with Crippen molar-refractivity contribution in [1.82, 2.24) is 4.98 Å². The standard InChI is InChI=1S/C27H23F4N3O/c1-3-5-19(12-17(2)32)23-10-8-18(13-24(23)27(29,30)31)14-26(35)34-22-9-11-25(33-16-22)20-6-4-7-21(28)15-20/h3-13,15-16H,1,14,32H2,2H3,(H,34,35)/b17-12-,19-5+. The minimum absolute atomic E-state index is 0.0662. The van der Waals surface area contributed by atoms with E-state index in [9.17, 15) is 22.4 Å². The van der Waals surface area contributed by atoms with Crippen LogP contribution in [0.1, 0.15) is 23.6 Å². The van der Waals surface area contributed by atoms with Gasteiger partial charge in [-0.2, -0.15) is 13.2 Å². The van der Waals surface area contributed by atoms with Gasteiger partial charge in [-0.1, -0.05) is 43.0 Å². The molecule has 0 aliphatic heterocycles. The number of hydrogen-bond donors (Lipinski definition) is 2. The molecule has 3 rings (SSSR count). The Kier molecular flexibility index (Phi) is 7.86. The molecule has 0 bridgehead atoms. The van der Waals surface area contributed by atoms with Gasteiger partial charge in [0.1, 0.15) is 5.82 Å². The van der Waals surface area contributed by atoms with Gasteiger partial charge in [0.05, 0.1) is 29.6 Å². The van der Waals surface area contributed by atoms with Gasteiger partial charge in [-0.3, -0.25) is 9.78 Å². The molecule has 1 heterocycles. The molecule has 0 aliphatic carbocycles. The summed E-state index contributed by atoms with van der Waals surface area (Å²) in [4.78, 5) is 16.7. The summed E-state index contributed by atoms with van der Waals surface area (Å²) in [7, 11) is 0. The largest absolute Gasteiger partial charge is 0.417 e. The number of hydrogen-bond acceptors (Lipinski definition) is 3. The summed E-state index contributed by atoms with van der Waals surface area (Å²) in [6, 6.07) is 12.9. The lowest BCUT2D eigenvalue weighted by molar-refractivity contribution is -0.137. The first-order valence-corrected chi connectivity index (χ1v) is 10.6. The Morgan fingerprint density at radius 3 is 2.51 bits per heavy atom. The quantitative estimate of drug-likeness (QED) is 0.298. The molecule has 0 spiro atoms. The van der Waals surface area contributed by atoms with Gasteiger partial charge in [0, 0.05) is 11.3 Å². The number of nitrogens with two attached hydrogens (primary N) is 1. The molecule has 1 aromatic heterocycles. The van der Waals surface area contributed by atoms with E-state index >= 15 is 0 Å². The molecule has 0 fully saturated rings. The highest BCUT2D eigenvalue weighted by Crippen LogP contribution is 2.36. The van der Waals surface area contributed by atoms with Crippen LogP contribution in [0.25, 0.3) is 16.8 Å². The minimum atomic E-state index is -4.64. The number of carbonyl (C=O) groups excluding carboxylic acids is 1. The lowest BCUT2D eigenvalue weighted by atomic mass is 9.95. The van der Waals surface area contributed by atoms with Gasteiger partial charge >= 0.3 is 6.18 Å². The van der Waals surface area contributed by atoms with Gasteiger partial charge in [0.2, 0.25) is 5.91 Å². The zero-order valence-electron chi connectivity index (χ0n) is 18.9. The molecule has 180 valence electrons. The van der Waals surface area contributed by atoms with E-state index < -0.39 is 23.5 Å². The number of benzene rings is 2. The van der Waals surface area contributed by atoms with Crippen LogP contribution in [-0.4, -0.2) is 10.9 Å². The average molecular weight is 481 g/mol. The fourth-order valence-electron chi connectivity index (χ4n) is 3.45. The van der Waals surface area contributed by atoms with E-state index in [0.29, 0.717) is 22.6 Å². The summed E-state index contributed by atoms with van der Waals surface area (Å²) in [6.45, 7) is 5.12. The summed E-state index contributed by atoms with van der Waals surface area (Å²) in [6.07, 6.45) is 0.726. The number of carbonyl (C=O) groups is 1. The van der Waals surface area contributed by atoms with Crippen molar-refractivity contribution in [2.75, 3.05) is 5.32 Å². The fraction of sp³-hybridized carbons (Fsp3) is 0.111. The monoisotopic (exact) mass is 481 g/mol. The molecule has 3 aromatic rings. The lowest BCUT2D eigenvalue weighted by Crippen LogP contribution is -2.16. The van der Waals surface area contributed by atoms with Crippen molar-refractivity contribution in [3.8, 4) is 11.3 Å². The number of nitrogens with one attached hydrogen (secondary N) is 1. The van der Waals surface area contributed by atoms with E-state index in [-0.39, 0.29) is 23.1 Å². The molecule has 2 aromatic carbocycles. The predicted molar refractivity (Wildman–Crippen MR) is 130 cm³/mol. The van der Waals surface area contributed by atoms with E-state index in [0.717, 1.165) is 6.07 Å².